The molecule has 1 fully saturated rings. The van der Waals surface area contributed by atoms with Gasteiger partial charge in [0.05, 0.1) is 5.25 Å². The van der Waals surface area contributed by atoms with Gasteiger partial charge in [-0.3, -0.25) is 0 Å². The van der Waals surface area contributed by atoms with Gasteiger partial charge in [-0.2, -0.15) is 13.2 Å². The van der Waals surface area contributed by atoms with E-state index < -0.39 is 26.6 Å². The summed E-state index contributed by atoms with van der Waals surface area (Å²) in [5, 5.41) is -1.31. The minimum atomic E-state index is -5.13. The first kappa shape index (κ1) is 9.79. The van der Waals surface area contributed by atoms with Gasteiger partial charge in [-0.15, -0.1) is 0 Å². The normalized spacial score (nSPS) is 31.3. The van der Waals surface area contributed by atoms with Crippen LogP contribution in [0.2, 0.25) is 0 Å². The van der Waals surface area contributed by atoms with E-state index in [2.05, 4.69) is 0 Å². The third-order valence-electron chi connectivity index (χ3n) is 1.89. The molecule has 0 radical (unpaired) electrons. The second kappa shape index (κ2) is 2.59. The predicted molar refractivity (Wildman–Crippen MR) is 36.0 cm³/mol. The fraction of sp³-hybridized carbons (Fsp3) is 1.00. The largest absolute Gasteiger partial charge is 0.497 e. The molecule has 1 saturated carbocycles. The molecule has 0 spiro atoms. The summed E-state index contributed by atoms with van der Waals surface area (Å²) in [7, 11) is -4.95. The summed E-state index contributed by atoms with van der Waals surface area (Å²) in [6, 6.07) is -0.396. The molecule has 12 heavy (non-hydrogen) atoms. The van der Waals surface area contributed by atoms with Crippen LogP contribution in [-0.4, -0.2) is 25.2 Å². The molecule has 7 heteroatoms. The molecule has 2 N–H and O–H groups in total. The molecule has 0 atom stereocenters. The van der Waals surface area contributed by atoms with Crippen LogP contribution in [0.3, 0.4) is 0 Å². The zero-order chi connectivity index (χ0) is 9.57. The molecule has 3 nitrogen and oxygen atoms in total. The van der Waals surface area contributed by atoms with Crippen LogP contribution in [-0.2, 0) is 9.84 Å². The van der Waals surface area contributed by atoms with Gasteiger partial charge in [0.15, 0.2) is 0 Å². The standard InChI is InChI=1S/C5H8F3NO2S/c6-5(7,8)12(10,11)4-1-3(9)2-4/h3-4H,1-2,9H2. The molecule has 1 aliphatic rings. The number of alkyl halides is 3. The zero-order valence-electron chi connectivity index (χ0n) is 6.00. The number of halogens is 3. The van der Waals surface area contributed by atoms with Gasteiger partial charge in [-0.25, -0.2) is 8.42 Å². The molecule has 0 aromatic heterocycles. The van der Waals surface area contributed by atoms with Gasteiger partial charge < -0.3 is 5.73 Å². The zero-order valence-corrected chi connectivity index (χ0v) is 6.82. The lowest BCUT2D eigenvalue weighted by atomic mass is 9.94. The first-order chi connectivity index (χ1) is 5.25. The SMILES string of the molecule is NC1CC(S(=O)(=O)C(F)(F)F)C1. The van der Waals surface area contributed by atoms with Crippen molar-refractivity contribution in [3.8, 4) is 0 Å². The average Bonchev–Trinajstić information content (AvgIpc) is 1.78. The lowest BCUT2D eigenvalue weighted by molar-refractivity contribution is -0.0453. The van der Waals surface area contributed by atoms with Crippen LogP contribution in [0.4, 0.5) is 13.2 Å². The molecule has 0 saturated heterocycles. The van der Waals surface area contributed by atoms with E-state index in [1.807, 2.05) is 0 Å². The summed E-state index contributed by atoms with van der Waals surface area (Å²) in [5.74, 6) is 0. The highest BCUT2D eigenvalue weighted by Gasteiger charge is 2.53. The number of nitrogens with two attached hydrogens (primary N) is 1. The lowest BCUT2D eigenvalue weighted by Gasteiger charge is -2.32. The first-order valence-corrected chi connectivity index (χ1v) is 4.85. The highest BCUT2D eigenvalue weighted by Crippen LogP contribution is 2.35. The molecule has 0 aromatic carbocycles. The molecule has 72 valence electrons. The second-order valence-corrected chi connectivity index (χ2v) is 5.06. The van der Waals surface area contributed by atoms with E-state index in [9.17, 15) is 21.6 Å². The van der Waals surface area contributed by atoms with Crippen LogP contribution in [0.25, 0.3) is 0 Å². The summed E-state index contributed by atoms with van der Waals surface area (Å²) in [4.78, 5) is 0. The topological polar surface area (TPSA) is 60.2 Å². The minimum absolute atomic E-state index is 0.0815. The molecular weight excluding hydrogens is 195 g/mol. The van der Waals surface area contributed by atoms with Crippen molar-refractivity contribution in [1.82, 2.24) is 0 Å². The van der Waals surface area contributed by atoms with Gasteiger partial charge in [-0.1, -0.05) is 0 Å². The number of hydrogen-bond donors (Lipinski definition) is 1. The van der Waals surface area contributed by atoms with Crippen LogP contribution < -0.4 is 5.73 Å². The maximum atomic E-state index is 11.8. The van der Waals surface area contributed by atoms with E-state index >= 15 is 0 Å². The molecule has 0 bridgehead atoms. The number of hydrogen-bond acceptors (Lipinski definition) is 3. The van der Waals surface area contributed by atoms with Crippen molar-refractivity contribution < 1.29 is 21.6 Å². The summed E-state index contributed by atoms with van der Waals surface area (Å²) in [5.41, 5.74) is 0.0499. The Bertz CT molecular complexity index is 265. The van der Waals surface area contributed by atoms with Gasteiger partial charge in [0.2, 0.25) is 0 Å². The Hall–Kier alpha value is -0.300. The van der Waals surface area contributed by atoms with Crippen molar-refractivity contribution in [1.29, 1.82) is 0 Å². The third-order valence-corrected chi connectivity index (χ3v) is 3.80. The smallest absolute Gasteiger partial charge is 0.328 e. The Balaban J connectivity index is 2.75. The monoisotopic (exact) mass is 203 g/mol. The molecule has 0 aromatic rings. The lowest BCUT2D eigenvalue weighted by Crippen LogP contribution is -2.48. The Kier molecular flexibility index (Phi) is 2.12. The summed E-state index contributed by atoms with van der Waals surface area (Å²) >= 11 is 0. The maximum Gasteiger partial charge on any atom is 0.497 e. The average molecular weight is 203 g/mol. The van der Waals surface area contributed by atoms with Crippen LogP contribution >= 0.6 is 0 Å². The molecule has 0 heterocycles. The highest BCUT2D eigenvalue weighted by atomic mass is 32.2. The number of rotatable bonds is 1. The van der Waals surface area contributed by atoms with Crippen molar-refractivity contribution in [2.45, 2.75) is 29.6 Å². The fourth-order valence-electron chi connectivity index (χ4n) is 1.05. The highest BCUT2D eigenvalue weighted by molar-refractivity contribution is 7.92. The van der Waals surface area contributed by atoms with E-state index in [1.165, 1.54) is 0 Å². The molecule has 0 unspecified atom stereocenters. The van der Waals surface area contributed by atoms with Crippen molar-refractivity contribution in [3.05, 3.63) is 0 Å². The Labute approximate surface area is 67.7 Å². The fourth-order valence-corrected chi connectivity index (χ4v) is 2.43. The first-order valence-electron chi connectivity index (χ1n) is 3.31. The van der Waals surface area contributed by atoms with Gasteiger partial charge in [0, 0.05) is 6.04 Å². The predicted octanol–water partition coefficient (Wildman–Crippen LogP) is 0.411. The molecule has 0 aliphatic heterocycles. The quantitative estimate of drug-likeness (QED) is 0.671. The van der Waals surface area contributed by atoms with E-state index in [-0.39, 0.29) is 12.8 Å². The van der Waals surface area contributed by atoms with E-state index in [0.29, 0.717) is 0 Å². The van der Waals surface area contributed by atoms with Crippen molar-refractivity contribution in [3.63, 3.8) is 0 Å². The number of sulfone groups is 1. The van der Waals surface area contributed by atoms with Crippen molar-refractivity contribution >= 4 is 9.84 Å². The van der Waals surface area contributed by atoms with Crippen molar-refractivity contribution in [2.75, 3.05) is 0 Å². The maximum absolute atomic E-state index is 11.8. The van der Waals surface area contributed by atoms with Crippen LogP contribution in [0.15, 0.2) is 0 Å². The summed E-state index contributed by atoms with van der Waals surface area (Å²) < 4.78 is 56.6. The van der Waals surface area contributed by atoms with Crippen LogP contribution in [0.5, 0.6) is 0 Å². The summed E-state index contributed by atoms with van der Waals surface area (Å²) in [6.45, 7) is 0. The molecular formula is C5H8F3NO2S. The van der Waals surface area contributed by atoms with Gasteiger partial charge in [0.1, 0.15) is 0 Å². The Morgan fingerprint density at radius 3 is 1.92 bits per heavy atom. The second-order valence-electron chi connectivity index (χ2n) is 2.84. The molecule has 1 rings (SSSR count). The van der Waals surface area contributed by atoms with Crippen LogP contribution in [0.1, 0.15) is 12.8 Å². The summed E-state index contributed by atoms with van der Waals surface area (Å²) in [6.07, 6.45) is -0.163. The van der Waals surface area contributed by atoms with Gasteiger partial charge >= 0.3 is 5.51 Å². The Morgan fingerprint density at radius 1 is 1.25 bits per heavy atom. The van der Waals surface area contributed by atoms with Gasteiger partial charge in [0.25, 0.3) is 9.84 Å². The van der Waals surface area contributed by atoms with E-state index in [4.69, 9.17) is 5.73 Å². The minimum Gasteiger partial charge on any atom is -0.328 e. The van der Waals surface area contributed by atoms with E-state index in [0.717, 1.165) is 0 Å². The van der Waals surface area contributed by atoms with Crippen molar-refractivity contribution in [2.24, 2.45) is 5.73 Å². The Morgan fingerprint density at radius 2 is 1.67 bits per heavy atom. The van der Waals surface area contributed by atoms with E-state index in [1.54, 1.807) is 0 Å². The van der Waals surface area contributed by atoms with Gasteiger partial charge in [-0.05, 0) is 12.8 Å². The van der Waals surface area contributed by atoms with Crippen LogP contribution in [0, 0.1) is 0 Å². The molecule has 1 aliphatic carbocycles. The third kappa shape index (κ3) is 1.42. The molecule has 0 amide bonds.